The van der Waals surface area contributed by atoms with Gasteiger partial charge in [0.2, 0.25) is 0 Å². The third-order valence-corrected chi connectivity index (χ3v) is 7.09. The first-order valence-electron chi connectivity index (χ1n) is 11.4. The number of likely N-dealkylation sites (N-methyl/N-ethyl adjacent to an activating group) is 1. The summed E-state index contributed by atoms with van der Waals surface area (Å²) in [4.78, 5) is 26.4. The van der Waals surface area contributed by atoms with Crippen LogP contribution in [0, 0.1) is 5.92 Å². The Balaban J connectivity index is 0.00000272. The van der Waals surface area contributed by atoms with Gasteiger partial charge in [-0.25, -0.2) is 4.79 Å². The maximum atomic E-state index is 13.1. The monoisotopic (exact) mass is 447 g/mol. The average Bonchev–Trinajstić information content (AvgIpc) is 3.01. The summed E-state index contributed by atoms with van der Waals surface area (Å²) in [5.41, 5.74) is 3.76. The molecule has 1 saturated carbocycles. The van der Waals surface area contributed by atoms with Crippen LogP contribution in [-0.4, -0.2) is 44.7 Å². The molecule has 4 rings (SSSR count). The lowest BCUT2D eigenvalue weighted by Crippen LogP contribution is -2.29. The number of hydrogen-bond donors (Lipinski definition) is 1. The van der Waals surface area contributed by atoms with Crippen LogP contribution in [0.15, 0.2) is 35.4 Å². The highest BCUT2D eigenvalue weighted by Gasteiger charge is 2.24. The summed E-state index contributed by atoms with van der Waals surface area (Å²) in [5.74, 6) is -0.240. The number of nitrogens with zero attached hydrogens (tertiary/aromatic N) is 3. The molecule has 1 N–H and O–H groups in total. The van der Waals surface area contributed by atoms with Crippen molar-refractivity contribution in [3.8, 4) is 5.69 Å². The van der Waals surface area contributed by atoms with E-state index in [1.165, 1.54) is 11.1 Å². The largest absolute Gasteiger partial charge is 0.481 e. The molecule has 1 aromatic heterocycles. The first kappa shape index (κ1) is 23.6. The second-order valence-corrected chi connectivity index (χ2v) is 8.85. The SMILES string of the molecule is CCN1CCc2ccc(-n3ccn(C4CCC(CCC(=O)O)CC4)c3=O)cc2CC1.Cl. The molecule has 0 radical (unpaired) electrons. The molecule has 170 valence electrons. The number of imidazole rings is 1. The van der Waals surface area contributed by atoms with Gasteiger partial charge in [0.05, 0.1) is 5.69 Å². The van der Waals surface area contributed by atoms with E-state index in [-0.39, 0.29) is 30.6 Å². The Morgan fingerprint density at radius 2 is 1.77 bits per heavy atom. The van der Waals surface area contributed by atoms with Crippen molar-refractivity contribution in [3.05, 3.63) is 52.2 Å². The Bertz CT molecular complexity index is 944. The zero-order valence-electron chi connectivity index (χ0n) is 18.3. The van der Waals surface area contributed by atoms with E-state index in [4.69, 9.17) is 5.11 Å². The van der Waals surface area contributed by atoms with Crippen molar-refractivity contribution in [2.75, 3.05) is 19.6 Å². The van der Waals surface area contributed by atoms with Crippen molar-refractivity contribution in [1.82, 2.24) is 14.0 Å². The van der Waals surface area contributed by atoms with E-state index in [0.717, 1.165) is 70.3 Å². The Labute approximate surface area is 190 Å². The summed E-state index contributed by atoms with van der Waals surface area (Å²) in [6.45, 7) is 5.48. The number of fused-ring (bicyclic) bond motifs is 1. The molecule has 0 bridgehead atoms. The molecule has 31 heavy (non-hydrogen) atoms. The molecule has 7 heteroatoms. The topological polar surface area (TPSA) is 67.5 Å². The van der Waals surface area contributed by atoms with Crippen LogP contribution in [0.25, 0.3) is 5.69 Å². The molecule has 1 aromatic carbocycles. The standard InChI is InChI=1S/C24H33N3O3.ClH/c1-2-25-13-11-19-6-9-22(17-20(19)12-14-25)27-16-15-26(24(27)30)21-7-3-18(4-8-21)5-10-23(28)29;/h6,9,15-18,21H,2-5,7-8,10-14H2,1H3,(H,28,29);1H. The molecule has 6 nitrogen and oxygen atoms in total. The molecule has 0 spiro atoms. The van der Waals surface area contributed by atoms with Crippen molar-refractivity contribution in [3.63, 3.8) is 0 Å². The summed E-state index contributed by atoms with van der Waals surface area (Å²) in [6.07, 6.45) is 10.8. The summed E-state index contributed by atoms with van der Waals surface area (Å²) < 4.78 is 3.66. The summed E-state index contributed by atoms with van der Waals surface area (Å²) in [5, 5.41) is 8.89. The third kappa shape index (κ3) is 5.42. The number of carbonyl (C=O) groups is 1. The van der Waals surface area contributed by atoms with Crippen molar-refractivity contribution in [2.45, 2.75) is 64.3 Å². The van der Waals surface area contributed by atoms with Gasteiger partial charge in [-0.15, -0.1) is 12.4 Å². The summed E-state index contributed by atoms with van der Waals surface area (Å²) >= 11 is 0. The lowest BCUT2D eigenvalue weighted by Gasteiger charge is -2.28. The van der Waals surface area contributed by atoms with Gasteiger partial charge < -0.3 is 10.0 Å². The van der Waals surface area contributed by atoms with E-state index >= 15 is 0 Å². The van der Waals surface area contributed by atoms with Crippen LogP contribution < -0.4 is 5.69 Å². The van der Waals surface area contributed by atoms with E-state index in [1.54, 1.807) is 4.57 Å². The van der Waals surface area contributed by atoms with Crippen LogP contribution in [0.5, 0.6) is 0 Å². The first-order valence-corrected chi connectivity index (χ1v) is 11.4. The molecule has 0 unspecified atom stereocenters. The van der Waals surface area contributed by atoms with Gasteiger partial charge in [0.25, 0.3) is 0 Å². The van der Waals surface area contributed by atoms with Gasteiger partial charge in [-0.05, 0) is 80.7 Å². The minimum atomic E-state index is -0.714. The zero-order chi connectivity index (χ0) is 21.1. The molecule has 1 aliphatic carbocycles. The van der Waals surface area contributed by atoms with Crippen molar-refractivity contribution >= 4 is 18.4 Å². The Hall–Kier alpha value is -2.05. The molecule has 0 atom stereocenters. The molecule has 2 aliphatic rings. The average molecular weight is 448 g/mol. The van der Waals surface area contributed by atoms with Gasteiger partial charge in [-0.1, -0.05) is 13.0 Å². The highest BCUT2D eigenvalue weighted by atomic mass is 35.5. The summed E-state index contributed by atoms with van der Waals surface area (Å²) in [6, 6.07) is 6.69. The second kappa shape index (κ2) is 10.5. The molecule has 1 fully saturated rings. The number of carboxylic acids is 1. The van der Waals surface area contributed by atoms with Crippen molar-refractivity contribution < 1.29 is 9.90 Å². The first-order chi connectivity index (χ1) is 14.5. The predicted octanol–water partition coefficient (Wildman–Crippen LogP) is 4.08. The maximum Gasteiger partial charge on any atom is 0.332 e. The number of carboxylic acid groups (broad SMARTS) is 1. The van der Waals surface area contributed by atoms with Gasteiger partial charge in [0.15, 0.2) is 0 Å². The molecular formula is C24H34ClN3O3. The van der Waals surface area contributed by atoms with Crippen LogP contribution in [-0.2, 0) is 17.6 Å². The number of benzene rings is 1. The van der Waals surface area contributed by atoms with Gasteiger partial charge in [-0.2, -0.15) is 0 Å². The Morgan fingerprint density at radius 3 is 2.45 bits per heavy atom. The lowest BCUT2D eigenvalue weighted by atomic mass is 9.83. The predicted molar refractivity (Wildman–Crippen MR) is 125 cm³/mol. The van der Waals surface area contributed by atoms with E-state index < -0.39 is 5.97 Å². The fourth-order valence-corrected chi connectivity index (χ4v) is 5.13. The van der Waals surface area contributed by atoms with Gasteiger partial charge >= 0.3 is 11.7 Å². The fraction of sp³-hybridized carbons (Fsp3) is 0.583. The van der Waals surface area contributed by atoms with E-state index in [2.05, 4.69) is 30.0 Å². The number of rotatable bonds is 6. The van der Waals surface area contributed by atoms with Crippen LogP contribution in [0.4, 0.5) is 0 Å². The van der Waals surface area contributed by atoms with Crippen molar-refractivity contribution in [2.24, 2.45) is 5.92 Å². The van der Waals surface area contributed by atoms with E-state index in [1.807, 2.05) is 17.0 Å². The number of halogens is 1. The van der Waals surface area contributed by atoms with Gasteiger partial charge in [0.1, 0.15) is 0 Å². The van der Waals surface area contributed by atoms with E-state index in [9.17, 15) is 9.59 Å². The maximum absolute atomic E-state index is 13.1. The fourth-order valence-electron chi connectivity index (χ4n) is 5.13. The molecule has 2 aromatic rings. The van der Waals surface area contributed by atoms with Gasteiger partial charge in [-0.3, -0.25) is 13.9 Å². The molecule has 2 heterocycles. The molecular weight excluding hydrogens is 414 g/mol. The molecule has 0 saturated heterocycles. The highest BCUT2D eigenvalue weighted by Crippen LogP contribution is 2.34. The van der Waals surface area contributed by atoms with E-state index in [0.29, 0.717) is 5.92 Å². The van der Waals surface area contributed by atoms with Crippen LogP contribution in [0.2, 0.25) is 0 Å². The third-order valence-electron chi connectivity index (χ3n) is 7.09. The number of hydrogen-bond acceptors (Lipinski definition) is 3. The van der Waals surface area contributed by atoms with Gasteiger partial charge in [0, 0.05) is 37.9 Å². The van der Waals surface area contributed by atoms with Crippen LogP contribution in [0.1, 0.15) is 62.6 Å². The Morgan fingerprint density at radius 1 is 1.06 bits per heavy atom. The zero-order valence-corrected chi connectivity index (χ0v) is 19.1. The smallest absolute Gasteiger partial charge is 0.332 e. The molecule has 1 aliphatic heterocycles. The molecule has 0 amide bonds. The van der Waals surface area contributed by atoms with Crippen molar-refractivity contribution in [1.29, 1.82) is 0 Å². The second-order valence-electron chi connectivity index (χ2n) is 8.85. The minimum Gasteiger partial charge on any atom is -0.481 e. The Kier molecular flexibility index (Phi) is 8.00. The quantitative estimate of drug-likeness (QED) is 0.724. The van der Waals surface area contributed by atoms with Crippen LogP contribution >= 0.6 is 12.4 Å². The highest BCUT2D eigenvalue weighted by molar-refractivity contribution is 5.85. The summed E-state index contributed by atoms with van der Waals surface area (Å²) in [7, 11) is 0. The van der Waals surface area contributed by atoms with Crippen LogP contribution in [0.3, 0.4) is 0 Å². The minimum absolute atomic E-state index is 0. The number of aliphatic carboxylic acids is 1. The normalized spacial score (nSPS) is 21.7. The lowest BCUT2D eigenvalue weighted by molar-refractivity contribution is -0.137. The number of aromatic nitrogens is 2.